The summed E-state index contributed by atoms with van der Waals surface area (Å²) in [6.45, 7) is 0.657. The van der Waals surface area contributed by atoms with Crippen LogP contribution in [0.5, 0.6) is 0 Å². The van der Waals surface area contributed by atoms with E-state index in [1.54, 1.807) is 0 Å². The Morgan fingerprint density at radius 1 is 1.36 bits per heavy atom. The molecule has 1 aliphatic rings. The highest BCUT2D eigenvalue weighted by Crippen LogP contribution is 2.25. The molecule has 0 aliphatic carbocycles. The van der Waals surface area contributed by atoms with Crippen LogP contribution in [0.3, 0.4) is 0 Å². The standard InChI is InChI=1S/C11H14N2O/c12-7-6-8-2-1-3-10-9(8)4-5-11(14)13-10/h1-3H,4-7,12H2,(H,13,14). The van der Waals surface area contributed by atoms with Gasteiger partial charge in [-0.05, 0) is 36.6 Å². The van der Waals surface area contributed by atoms with Gasteiger partial charge in [-0.1, -0.05) is 12.1 Å². The molecule has 0 saturated carbocycles. The smallest absolute Gasteiger partial charge is 0.224 e. The molecule has 0 unspecified atom stereocenters. The molecule has 1 amide bonds. The topological polar surface area (TPSA) is 55.1 Å². The van der Waals surface area contributed by atoms with Gasteiger partial charge >= 0.3 is 0 Å². The zero-order valence-electron chi connectivity index (χ0n) is 8.05. The summed E-state index contributed by atoms with van der Waals surface area (Å²) in [4.78, 5) is 11.2. The summed E-state index contributed by atoms with van der Waals surface area (Å²) in [5.41, 5.74) is 9.03. The van der Waals surface area contributed by atoms with Gasteiger partial charge in [0.2, 0.25) is 5.91 Å². The molecule has 1 aliphatic heterocycles. The van der Waals surface area contributed by atoms with E-state index >= 15 is 0 Å². The highest BCUT2D eigenvalue weighted by atomic mass is 16.1. The van der Waals surface area contributed by atoms with Crippen molar-refractivity contribution in [1.29, 1.82) is 0 Å². The maximum absolute atomic E-state index is 11.2. The van der Waals surface area contributed by atoms with Crippen molar-refractivity contribution in [3.8, 4) is 0 Å². The molecule has 1 aromatic rings. The van der Waals surface area contributed by atoms with Crippen LogP contribution in [0.4, 0.5) is 5.69 Å². The van der Waals surface area contributed by atoms with E-state index in [2.05, 4.69) is 11.4 Å². The van der Waals surface area contributed by atoms with Gasteiger partial charge in [-0.2, -0.15) is 0 Å². The molecule has 0 aromatic heterocycles. The summed E-state index contributed by atoms with van der Waals surface area (Å²) in [6.07, 6.45) is 2.32. The summed E-state index contributed by atoms with van der Waals surface area (Å²) in [7, 11) is 0. The van der Waals surface area contributed by atoms with Gasteiger partial charge in [0.05, 0.1) is 0 Å². The monoisotopic (exact) mass is 190 g/mol. The van der Waals surface area contributed by atoms with Crippen LogP contribution in [0.1, 0.15) is 17.5 Å². The summed E-state index contributed by atoms with van der Waals surface area (Å²) < 4.78 is 0. The van der Waals surface area contributed by atoms with Gasteiger partial charge in [-0.25, -0.2) is 0 Å². The van der Waals surface area contributed by atoms with Crippen molar-refractivity contribution in [2.24, 2.45) is 5.73 Å². The molecule has 2 rings (SSSR count). The third kappa shape index (κ3) is 1.63. The molecule has 1 heterocycles. The van der Waals surface area contributed by atoms with Crippen molar-refractivity contribution < 1.29 is 4.79 Å². The molecule has 3 N–H and O–H groups in total. The maximum atomic E-state index is 11.2. The lowest BCUT2D eigenvalue weighted by Crippen LogP contribution is -2.20. The lowest BCUT2D eigenvalue weighted by molar-refractivity contribution is -0.116. The minimum atomic E-state index is 0.113. The molecule has 1 aromatic carbocycles. The Labute approximate surface area is 83.3 Å². The highest BCUT2D eigenvalue weighted by Gasteiger charge is 2.16. The van der Waals surface area contributed by atoms with Gasteiger partial charge < -0.3 is 11.1 Å². The number of rotatable bonds is 2. The van der Waals surface area contributed by atoms with E-state index in [-0.39, 0.29) is 5.91 Å². The van der Waals surface area contributed by atoms with Crippen LogP contribution < -0.4 is 11.1 Å². The Balaban J connectivity index is 2.36. The van der Waals surface area contributed by atoms with E-state index in [4.69, 9.17) is 5.73 Å². The Kier molecular flexibility index (Phi) is 2.50. The van der Waals surface area contributed by atoms with Crippen LogP contribution in [0, 0.1) is 0 Å². The first kappa shape index (κ1) is 9.21. The van der Waals surface area contributed by atoms with Gasteiger partial charge in [-0.3, -0.25) is 4.79 Å². The fourth-order valence-electron chi connectivity index (χ4n) is 1.89. The van der Waals surface area contributed by atoms with E-state index in [0.29, 0.717) is 13.0 Å². The Hall–Kier alpha value is -1.35. The lowest BCUT2D eigenvalue weighted by Gasteiger charge is -2.19. The molecule has 3 nitrogen and oxygen atoms in total. The zero-order valence-corrected chi connectivity index (χ0v) is 8.05. The third-order valence-corrected chi connectivity index (χ3v) is 2.56. The average molecular weight is 190 g/mol. The predicted octanol–water partition coefficient (Wildman–Crippen LogP) is 1.07. The SMILES string of the molecule is NCCc1cccc2c1CCC(=O)N2. The summed E-state index contributed by atoms with van der Waals surface area (Å²) in [5.74, 6) is 0.113. The maximum Gasteiger partial charge on any atom is 0.224 e. The molecule has 0 saturated heterocycles. The predicted molar refractivity (Wildman–Crippen MR) is 56.2 cm³/mol. The fourth-order valence-corrected chi connectivity index (χ4v) is 1.89. The lowest BCUT2D eigenvalue weighted by atomic mass is 9.95. The summed E-state index contributed by atoms with van der Waals surface area (Å²) >= 11 is 0. The number of amides is 1. The van der Waals surface area contributed by atoms with E-state index in [0.717, 1.165) is 18.5 Å². The highest BCUT2D eigenvalue weighted by molar-refractivity contribution is 5.94. The van der Waals surface area contributed by atoms with Crippen molar-refractivity contribution in [1.82, 2.24) is 0 Å². The van der Waals surface area contributed by atoms with Crippen LogP contribution in [-0.2, 0) is 17.6 Å². The third-order valence-electron chi connectivity index (χ3n) is 2.56. The minimum Gasteiger partial charge on any atom is -0.330 e. The van der Waals surface area contributed by atoms with Crippen LogP contribution in [0.25, 0.3) is 0 Å². The van der Waals surface area contributed by atoms with E-state index in [1.165, 1.54) is 11.1 Å². The number of nitrogens with one attached hydrogen (secondary N) is 1. The van der Waals surface area contributed by atoms with Gasteiger partial charge in [-0.15, -0.1) is 0 Å². The number of nitrogens with two attached hydrogens (primary N) is 1. The molecule has 0 spiro atoms. The quantitative estimate of drug-likeness (QED) is 0.733. The first-order valence-electron chi connectivity index (χ1n) is 4.92. The van der Waals surface area contributed by atoms with Gasteiger partial charge in [0.15, 0.2) is 0 Å². The van der Waals surface area contributed by atoms with Crippen molar-refractivity contribution in [2.75, 3.05) is 11.9 Å². The molecular weight excluding hydrogens is 176 g/mol. The van der Waals surface area contributed by atoms with Gasteiger partial charge in [0.1, 0.15) is 0 Å². The fraction of sp³-hybridized carbons (Fsp3) is 0.364. The van der Waals surface area contributed by atoms with Crippen molar-refractivity contribution in [2.45, 2.75) is 19.3 Å². The van der Waals surface area contributed by atoms with Crippen molar-refractivity contribution in [3.63, 3.8) is 0 Å². The number of carbonyl (C=O) groups is 1. The zero-order chi connectivity index (χ0) is 9.97. The molecule has 3 heteroatoms. The first-order valence-corrected chi connectivity index (χ1v) is 4.92. The van der Waals surface area contributed by atoms with Crippen molar-refractivity contribution >= 4 is 11.6 Å². The van der Waals surface area contributed by atoms with Crippen LogP contribution in [0.15, 0.2) is 18.2 Å². The number of carbonyl (C=O) groups excluding carboxylic acids is 1. The second-order valence-electron chi connectivity index (χ2n) is 3.53. The molecule has 0 radical (unpaired) electrons. The molecule has 74 valence electrons. The summed E-state index contributed by atoms with van der Waals surface area (Å²) in [6, 6.07) is 6.00. The number of anilines is 1. The second-order valence-corrected chi connectivity index (χ2v) is 3.53. The van der Waals surface area contributed by atoms with Gasteiger partial charge in [0.25, 0.3) is 0 Å². The normalized spacial score (nSPS) is 14.8. The van der Waals surface area contributed by atoms with Crippen LogP contribution >= 0.6 is 0 Å². The number of hydrogen-bond acceptors (Lipinski definition) is 2. The van der Waals surface area contributed by atoms with E-state index < -0.39 is 0 Å². The molecule has 0 fully saturated rings. The molecule has 14 heavy (non-hydrogen) atoms. The van der Waals surface area contributed by atoms with Crippen LogP contribution in [0.2, 0.25) is 0 Å². The molecule has 0 bridgehead atoms. The molecule has 0 atom stereocenters. The summed E-state index contributed by atoms with van der Waals surface area (Å²) in [5, 5.41) is 2.88. The minimum absolute atomic E-state index is 0.113. The van der Waals surface area contributed by atoms with E-state index in [1.807, 2.05) is 12.1 Å². The largest absolute Gasteiger partial charge is 0.330 e. The Morgan fingerprint density at radius 2 is 2.21 bits per heavy atom. The second kappa shape index (κ2) is 3.80. The van der Waals surface area contributed by atoms with Gasteiger partial charge in [0, 0.05) is 12.1 Å². The number of fused-ring (bicyclic) bond motifs is 1. The molecular formula is C11H14N2O. The Bertz CT molecular complexity index is 360. The van der Waals surface area contributed by atoms with Crippen molar-refractivity contribution in [3.05, 3.63) is 29.3 Å². The Morgan fingerprint density at radius 3 is 3.00 bits per heavy atom. The number of hydrogen-bond donors (Lipinski definition) is 2. The number of benzene rings is 1. The van der Waals surface area contributed by atoms with E-state index in [9.17, 15) is 4.79 Å². The first-order chi connectivity index (χ1) is 6.81. The average Bonchev–Trinajstić information content (AvgIpc) is 2.18. The van der Waals surface area contributed by atoms with Crippen LogP contribution in [-0.4, -0.2) is 12.5 Å².